The minimum absolute atomic E-state index is 0.169. The third-order valence-electron chi connectivity index (χ3n) is 3.32. The first kappa shape index (κ1) is 16.7. The van der Waals surface area contributed by atoms with Crippen LogP contribution in [0.3, 0.4) is 0 Å². The summed E-state index contributed by atoms with van der Waals surface area (Å²) in [6.45, 7) is 6.04. The van der Waals surface area contributed by atoms with Crippen LogP contribution in [0.1, 0.15) is 36.2 Å². The largest absolute Gasteiger partial charge is 0.359 e. The minimum Gasteiger partial charge on any atom is -0.359 e. The van der Waals surface area contributed by atoms with Gasteiger partial charge in [0.2, 0.25) is 0 Å². The van der Waals surface area contributed by atoms with Gasteiger partial charge in [-0.15, -0.1) is 11.3 Å². The second-order valence-electron chi connectivity index (χ2n) is 6.29. The van der Waals surface area contributed by atoms with Crippen molar-refractivity contribution in [2.24, 2.45) is 0 Å². The number of aromatic nitrogens is 2. The van der Waals surface area contributed by atoms with Crippen LogP contribution in [-0.4, -0.2) is 16.0 Å². The molecule has 0 saturated heterocycles. The van der Waals surface area contributed by atoms with Crippen molar-refractivity contribution in [2.75, 3.05) is 5.32 Å². The number of halogens is 1. The Balaban J connectivity index is 1.77. The van der Waals surface area contributed by atoms with Gasteiger partial charge in [-0.25, -0.2) is 4.98 Å². The molecule has 24 heavy (non-hydrogen) atoms. The van der Waals surface area contributed by atoms with E-state index >= 15 is 0 Å². The van der Waals surface area contributed by atoms with E-state index in [1.165, 1.54) is 17.5 Å². The molecule has 0 saturated carbocycles. The van der Waals surface area contributed by atoms with E-state index in [1.807, 2.05) is 39.0 Å². The summed E-state index contributed by atoms with van der Waals surface area (Å²) in [6.07, 6.45) is 1.53. The molecular weight excluding hydrogens is 346 g/mol. The summed E-state index contributed by atoms with van der Waals surface area (Å²) in [5, 5.41) is 7.90. The minimum atomic E-state index is -0.278. The second kappa shape index (κ2) is 6.37. The van der Waals surface area contributed by atoms with E-state index in [0.717, 1.165) is 5.56 Å². The molecule has 124 valence electrons. The summed E-state index contributed by atoms with van der Waals surface area (Å²) in [4.78, 5) is 17.1. The first-order chi connectivity index (χ1) is 11.3. The zero-order chi connectivity index (χ0) is 17.3. The molecule has 2 heterocycles. The molecule has 1 N–H and O–H groups in total. The first-order valence-corrected chi connectivity index (χ1v) is 8.53. The molecule has 0 atom stereocenters. The predicted octanol–water partition coefficient (Wildman–Crippen LogP) is 5.00. The van der Waals surface area contributed by atoms with Crippen LogP contribution < -0.4 is 5.32 Å². The first-order valence-electron chi connectivity index (χ1n) is 7.34. The number of anilines is 1. The third kappa shape index (κ3) is 3.49. The summed E-state index contributed by atoms with van der Waals surface area (Å²) in [7, 11) is 0. The Kier molecular flexibility index (Phi) is 4.43. The molecule has 2 aromatic heterocycles. The molecule has 3 rings (SSSR count). The highest BCUT2D eigenvalue weighted by Gasteiger charge is 2.21. The van der Waals surface area contributed by atoms with Gasteiger partial charge >= 0.3 is 0 Å². The number of hydrogen-bond donors (Lipinski definition) is 1. The molecule has 0 radical (unpaired) electrons. The lowest BCUT2D eigenvalue weighted by molar-refractivity contribution is 0.102. The number of amides is 1. The van der Waals surface area contributed by atoms with Crippen molar-refractivity contribution >= 4 is 34.7 Å². The fourth-order valence-electron chi connectivity index (χ4n) is 2.00. The Hall–Kier alpha value is -2.18. The maximum absolute atomic E-state index is 12.3. The lowest BCUT2D eigenvalue weighted by Gasteiger charge is -2.11. The molecule has 1 amide bonds. The summed E-state index contributed by atoms with van der Waals surface area (Å²) >= 11 is 7.44. The third-order valence-corrected chi connectivity index (χ3v) is 4.68. The number of carbonyl (C=O) groups excluding carboxylic acids is 1. The van der Waals surface area contributed by atoms with E-state index in [2.05, 4.69) is 15.5 Å². The zero-order valence-corrected chi connectivity index (χ0v) is 15.0. The zero-order valence-electron chi connectivity index (χ0n) is 13.5. The van der Waals surface area contributed by atoms with Gasteiger partial charge in [0.1, 0.15) is 15.6 Å². The Morgan fingerprint density at radius 3 is 2.71 bits per heavy atom. The van der Waals surface area contributed by atoms with Crippen LogP contribution in [0, 0.1) is 0 Å². The van der Waals surface area contributed by atoms with Crippen molar-refractivity contribution in [3.63, 3.8) is 0 Å². The fraction of sp³-hybridized carbons (Fsp3) is 0.235. The smallest absolute Gasteiger partial charge is 0.268 e. The average Bonchev–Trinajstić information content (AvgIpc) is 3.16. The number of thiazole rings is 1. The monoisotopic (exact) mass is 361 g/mol. The molecule has 1 aromatic carbocycles. The average molecular weight is 362 g/mol. The van der Waals surface area contributed by atoms with Crippen molar-refractivity contribution in [3.05, 3.63) is 52.2 Å². The van der Waals surface area contributed by atoms with Crippen LogP contribution in [0.4, 0.5) is 5.82 Å². The van der Waals surface area contributed by atoms with Crippen molar-refractivity contribution in [1.29, 1.82) is 0 Å². The Morgan fingerprint density at radius 2 is 2.04 bits per heavy atom. The summed E-state index contributed by atoms with van der Waals surface area (Å²) < 4.78 is 5.26. The van der Waals surface area contributed by atoms with Gasteiger partial charge in [-0.3, -0.25) is 4.79 Å². The van der Waals surface area contributed by atoms with E-state index in [0.29, 0.717) is 26.5 Å². The van der Waals surface area contributed by atoms with Crippen LogP contribution in [0.5, 0.6) is 0 Å². The van der Waals surface area contributed by atoms with E-state index < -0.39 is 0 Å². The Morgan fingerprint density at radius 1 is 1.29 bits per heavy atom. The van der Waals surface area contributed by atoms with E-state index in [4.69, 9.17) is 16.1 Å². The van der Waals surface area contributed by atoms with Crippen molar-refractivity contribution in [1.82, 2.24) is 10.1 Å². The standard InChI is InChI=1S/C17H16ClN3O2S/c1-17(2,3)13-8-14(21-23-13)20-15(22)12-9-19-16(24-12)10-6-4-5-7-11(10)18/h4-9H,1-3H3,(H,20,21,22). The topological polar surface area (TPSA) is 68.0 Å². The van der Waals surface area contributed by atoms with Gasteiger partial charge in [-0.1, -0.05) is 55.7 Å². The van der Waals surface area contributed by atoms with Gasteiger partial charge in [0.05, 0.1) is 11.2 Å². The molecular formula is C17H16ClN3O2S. The van der Waals surface area contributed by atoms with Crippen LogP contribution >= 0.6 is 22.9 Å². The summed E-state index contributed by atoms with van der Waals surface area (Å²) in [5.74, 6) is 0.816. The molecule has 0 aliphatic heterocycles. The van der Waals surface area contributed by atoms with Crippen molar-refractivity contribution in [2.45, 2.75) is 26.2 Å². The molecule has 5 nitrogen and oxygen atoms in total. The molecule has 0 spiro atoms. The van der Waals surface area contributed by atoms with Crippen LogP contribution in [0.15, 0.2) is 41.1 Å². The maximum Gasteiger partial charge on any atom is 0.268 e. The maximum atomic E-state index is 12.3. The molecule has 7 heteroatoms. The van der Waals surface area contributed by atoms with E-state index in [1.54, 1.807) is 12.1 Å². The molecule has 0 aliphatic carbocycles. The van der Waals surface area contributed by atoms with Gasteiger partial charge in [0.15, 0.2) is 5.82 Å². The van der Waals surface area contributed by atoms with Gasteiger partial charge in [0.25, 0.3) is 5.91 Å². The lowest BCUT2D eigenvalue weighted by Crippen LogP contribution is -2.11. The Labute approximate surface area is 148 Å². The molecule has 3 aromatic rings. The number of benzene rings is 1. The number of rotatable bonds is 3. The SMILES string of the molecule is CC(C)(C)c1cc(NC(=O)c2cnc(-c3ccccc3Cl)s2)no1. The Bertz CT molecular complexity index is 880. The van der Waals surface area contributed by atoms with E-state index in [-0.39, 0.29) is 11.3 Å². The number of nitrogens with one attached hydrogen (secondary N) is 1. The highest BCUT2D eigenvalue weighted by molar-refractivity contribution is 7.17. The number of carbonyl (C=O) groups is 1. The van der Waals surface area contributed by atoms with Crippen LogP contribution in [-0.2, 0) is 5.41 Å². The second-order valence-corrected chi connectivity index (χ2v) is 7.73. The van der Waals surface area contributed by atoms with Gasteiger partial charge in [0, 0.05) is 17.0 Å². The highest BCUT2D eigenvalue weighted by Crippen LogP contribution is 2.31. The lowest BCUT2D eigenvalue weighted by atomic mass is 9.93. The van der Waals surface area contributed by atoms with E-state index in [9.17, 15) is 4.79 Å². The summed E-state index contributed by atoms with van der Waals surface area (Å²) in [5.41, 5.74) is 0.636. The highest BCUT2D eigenvalue weighted by atomic mass is 35.5. The normalized spacial score (nSPS) is 11.5. The van der Waals surface area contributed by atoms with Crippen molar-refractivity contribution < 1.29 is 9.32 Å². The van der Waals surface area contributed by atoms with Crippen molar-refractivity contribution in [3.8, 4) is 10.6 Å². The molecule has 0 unspecified atom stereocenters. The summed E-state index contributed by atoms with van der Waals surface area (Å²) in [6, 6.07) is 9.13. The van der Waals surface area contributed by atoms with Crippen LogP contribution in [0.25, 0.3) is 10.6 Å². The molecule has 0 fully saturated rings. The molecule has 0 aliphatic rings. The van der Waals surface area contributed by atoms with Gasteiger partial charge in [-0.2, -0.15) is 0 Å². The quantitative estimate of drug-likeness (QED) is 0.712. The number of hydrogen-bond acceptors (Lipinski definition) is 5. The number of nitrogens with zero attached hydrogens (tertiary/aromatic N) is 2. The van der Waals surface area contributed by atoms with Gasteiger partial charge in [-0.05, 0) is 6.07 Å². The van der Waals surface area contributed by atoms with Gasteiger partial charge < -0.3 is 9.84 Å². The van der Waals surface area contributed by atoms with Crippen LogP contribution in [0.2, 0.25) is 5.02 Å². The fourth-order valence-corrected chi connectivity index (χ4v) is 3.14. The molecule has 0 bridgehead atoms. The predicted molar refractivity (Wildman–Crippen MR) is 95.7 cm³/mol.